The second-order valence-electron chi connectivity index (χ2n) is 3.49. The molecule has 0 aromatic carbocycles. The fraction of sp³-hybridized carbons (Fsp3) is 0.400. The van der Waals surface area contributed by atoms with Crippen molar-refractivity contribution in [1.29, 1.82) is 0 Å². The molecule has 6 nitrogen and oxygen atoms in total. The van der Waals surface area contributed by atoms with Gasteiger partial charge in [0.05, 0.1) is 11.9 Å². The lowest BCUT2D eigenvalue weighted by atomic mass is 10.3. The molecule has 0 aliphatic rings. The molecule has 0 saturated heterocycles. The molecule has 0 radical (unpaired) electrons. The summed E-state index contributed by atoms with van der Waals surface area (Å²) >= 11 is 0. The first kappa shape index (κ1) is 10.5. The van der Waals surface area contributed by atoms with Crippen LogP contribution >= 0.6 is 0 Å². The van der Waals surface area contributed by atoms with Crippen molar-refractivity contribution in [2.24, 2.45) is 7.05 Å². The highest BCUT2D eigenvalue weighted by Gasteiger charge is 2.08. The largest absolute Gasteiger partial charge is 0.354 e. The molecule has 2 heterocycles. The Kier molecular flexibility index (Phi) is 2.80. The maximum atomic E-state index is 4.40. The molecule has 0 aliphatic heterocycles. The van der Waals surface area contributed by atoms with Crippen LogP contribution in [0, 0.1) is 6.92 Å². The van der Waals surface area contributed by atoms with Crippen molar-refractivity contribution in [2.75, 3.05) is 11.9 Å². The van der Waals surface area contributed by atoms with Crippen molar-refractivity contribution in [1.82, 2.24) is 25.0 Å². The van der Waals surface area contributed by atoms with E-state index in [0.717, 1.165) is 23.6 Å². The number of rotatable bonds is 3. The average molecular weight is 218 g/mol. The first-order valence-electron chi connectivity index (χ1n) is 5.15. The van der Waals surface area contributed by atoms with Gasteiger partial charge in [-0.1, -0.05) is 5.21 Å². The average Bonchev–Trinajstić information content (AvgIpc) is 2.64. The second kappa shape index (κ2) is 4.26. The number of anilines is 1. The number of aryl methyl sites for hydroxylation is 2. The molecule has 0 bridgehead atoms. The van der Waals surface area contributed by atoms with Crippen LogP contribution < -0.4 is 5.32 Å². The highest BCUT2D eigenvalue weighted by molar-refractivity contribution is 5.55. The summed E-state index contributed by atoms with van der Waals surface area (Å²) in [4.78, 5) is 8.69. The van der Waals surface area contributed by atoms with Crippen molar-refractivity contribution in [2.45, 2.75) is 13.8 Å². The van der Waals surface area contributed by atoms with Crippen LogP contribution in [0.1, 0.15) is 12.6 Å². The molecule has 0 spiro atoms. The zero-order valence-corrected chi connectivity index (χ0v) is 9.60. The maximum absolute atomic E-state index is 4.40. The van der Waals surface area contributed by atoms with E-state index in [4.69, 9.17) is 0 Å². The normalized spacial score (nSPS) is 10.4. The van der Waals surface area contributed by atoms with Crippen LogP contribution in [0.25, 0.3) is 11.4 Å². The summed E-state index contributed by atoms with van der Waals surface area (Å²) in [6.45, 7) is 4.75. The number of aromatic nitrogens is 5. The molecule has 0 aliphatic carbocycles. The molecule has 2 rings (SSSR count). The summed E-state index contributed by atoms with van der Waals surface area (Å²) in [7, 11) is 1.84. The predicted molar refractivity (Wildman–Crippen MR) is 60.9 cm³/mol. The lowest BCUT2D eigenvalue weighted by Crippen LogP contribution is -2.05. The van der Waals surface area contributed by atoms with Crippen LogP contribution in [0.3, 0.4) is 0 Å². The standard InChI is InChI=1S/C10H14N6/c1-4-11-10-13-7(2)5-8(14-10)9-6-12-15-16(9)3/h5-6H,4H2,1-3H3,(H,11,13,14). The van der Waals surface area contributed by atoms with E-state index in [1.807, 2.05) is 27.0 Å². The SMILES string of the molecule is CCNc1nc(C)cc(-c2cnnn2C)n1. The topological polar surface area (TPSA) is 68.5 Å². The Balaban J connectivity index is 2.45. The second-order valence-corrected chi connectivity index (χ2v) is 3.49. The smallest absolute Gasteiger partial charge is 0.223 e. The third-order valence-electron chi connectivity index (χ3n) is 2.17. The highest BCUT2D eigenvalue weighted by atomic mass is 15.4. The Bertz CT molecular complexity index is 490. The van der Waals surface area contributed by atoms with Gasteiger partial charge in [0.1, 0.15) is 5.69 Å². The van der Waals surface area contributed by atoms with E-state index in [9.17, 15) is 0 Å². The molecule has 0 atom stereocenters. The van der Waals surface area contributed by atoms with Crippen molar-refractivity contribution in [3.8, 4) is 11.4 Å². The lowest BCUT2D eigenvalue weighted by molar-refractivity contribution is 0.719. The van der Waals surface area contributed by atoms with Crippen LogP contribution in [0.5, 0.6) is 0 Å². The molecular weight excluding hydrogens is 204 g/mol. The van der Waals surface area contributed by atoms with Crippen molar-refractivity contribution < 1.29 is 0 Å². The molecular formula is C10H14N6. The van der Waals surface area contributed by atoms with Gasteiger partial charge in [-0.2, -0.15) is 0 Å². The first-order valence-corrected chi connectivity index (χ1v) is 5.15. The summed E-state index contributed by atoms with van der Waals surface area (Å²) in [6, 6.07) is 1.92. The van der Waals surface area contributed by atoms with Gasteiger partial charge in [-0.15, -0.1) is 5.10 Å². The highest BCUT2D eigenvalue weighted by Crippen LogP contribution is 2.16. The van der Waals surface area contributed by atoms with Gasteiger partial charge in [-0.25, -0.2) is 14.6 Å². The van der Waals surface area contributed by atoms with Gasteiger partial charge < -0.3 is 5.32 Å². The number of nitrogens with one attached hydrogen (secondary N) is 1. The minimum Gasteiger partial charge on any atom is -0.354 e. The molecule has 0 fully saturated rings. The maximum Gasteiger partial charge on any atom is 0.223 e. The molecule has 84 valence electrons. The predicted octanol–water partition coefficient (Wildman–Crippen LogP) is 1.01. The summed E-state index contributed by atoms with van der Waals surface area (Å²) in [6.07, 6.45) is 1.69. The van der Waals surface area contributed by atoms with Crippen molar-refractivity contribution >= 4 is 5.95 Å². The molecule has 0 amide bonds. The molecule has 2 aromatic rings. The number of hydrogen-bond donors (Lipinski definition) is 1. The number of hydrogen-bond acceptors (Lipinski definition) is 5. The van der Waals surface area contributed by atoms with Gasteiger partial charge in [-0.05, 0) is 19.9 Å². The van der Waals surface area contributed by atoms with Gasteiger partial charge in [0.25, 0.3) is 0 Å². The van der Waals surface area contributed by atoms with Gasteiger partial charge >= 0.3 is 0 Å². The Hall–Kier alpha value is -1.98. The minimum atomic E-state index is 0.638. The third-order valence-corrected chi connectivity index (χ3v) is 2.17. The monoisotopic (exact) mass is 218 g/mol. The van der Waals surface area contributed by atoms with E-state index in [1.54, 1.807) is 10.9 Å². The molecule has 2 aromatic heterocycles. The number of nitrogens with zero attached hydrogens (tertiary/aromatic N) is 5. The zero-order valence-electron chi connectivity index (χ0n) is 9.60. The molecule has 16 heavy (non-hydrogen) atoms. The fourth-order valence-corrected chi connectivity index (χ4v) is 1.46. The van der Waals surface area contributed by atoms with Gasteiger partial charge in [0.2, 0.25) is 5.95 Å². The molecule has 0 unspecified atom stereocenters. The summed E-state index contributed by atoms with van der Waals surface area (Å²) in [5.41, 5.74) is 2.63. The Morgan fingerprint density at radius 2 is 2.19 bits per heavy atom. The molecule has 6 heteroatoms. The van der Waals surface area contributed by atoms with Gasteiger partial charge in [-0.3, -0.25) is 0 Å². The van der Waals surface area contributed by atoms with E-state index in [2.05, 4.69) is 25.6 Å². The van der Waals surface area contributed by atoms with E-state index < -0.39 is 0 Å². The van der Waals surface area contributed by atoms with E-state index in [0.29, 0.717) is 5.95 Å². The van der Waals surface area contributed by atoms with Crippen LogP contribution in [0.2, 0.25) is 0 Å². The van der Waals surface area contributed by atoms with Crippen LogP contribution in [0.15, 0.2) is 12.3 Å². The van der Waals surface area contributed by atoms with E-state index in [-0.39, 0.29) is 0 Å². The summed E-state index contributed by atoms with van der Waals surface area (Å²) in [5, 5.41) is 10.8. The Morgan fingerprint density at radius 3 is 2.81 bits per heavy atom. The Morgan fingerprint density at radius 1 is 1.38 bits per heavy atom. The lowest BCUT2D eigenvalue weighted by Gasteiger charge is -2.06. The van der Waals surface area contributed by atoms with Crippen LogP contribution in [-0.2, 0) is 7.05 Å². The Labute approximate surface area is 93.7 Å². The van der Waals surface area contributed by atoms with E-state index in [1.165, 1.54) is 0 Å². The fourth-order valence-electron chi connectivity index (χ4n) is 1.46. The van der Waals surface area contributed by atoms with Crippen molar-refractivity contribution in [3.05, 3.63) is 18.0 Å². The molecule has 0 saturated carbocycles. The van der Waals surface area contributed by atoms with Crippen molar-refractivity contribution in [3.63, 3.8) is 0 Å². The van der Waals surface area contributed by atoms with Crippen LogP contribution in [-0.4, -0.2) is 31.5 Å². The van der Waals surface area contributed by atoms with Crippen LogP contribution in [0.4, 0.5) is 5.95 Å². The summed E-state index contributed by atoms with van der Waals surface area (Å²) < 4.78 is 1.69. The molecule has 1 N–H and O–H groups in total. The van der Waals surface area contributed by atoms with Gasteiger partial charge in [0.15, 0.2) is 0 Å². The van der Waals surface area contributed by atoms with E-state index >= 15 is 0 Å². The quantitative estimate of drug-likeness (QED) is 0.832. The van der Waals surface area contributed by atoms with Gasteiger partial charge in [0, 0.05) is 19.3 Å². The zero-order chi connectivity index (χ0) is 11.5. The summed E-state index contributed by atoms with van der Waals surface area (Å²) in [5.74, 6) is 0.638. The third kappa shape index (κ3) is 2.00. The minimum absolute atomic E-state index is 0.638. The first-order chi connectivity index (χ1) is 7.70.